The Morgan fingerprint density at radius 2 is 2.44 bits per heavy atom. The highest BCUT2D eigenvalue weighted by Crippen LogP contribution is 2.18. The highest BCUT2D eigenvalue weighted by Gasteiger charge is 2.11. The molecular formula is C11H13N3O3S. The van der Waals surface area contributed by atoms with Crippen LogP contribution in [0.2, 0.25) is 0 Å². The lowest BCUT2D eigenvalue weighted by Gasteiger charge is -2.11. The Kier molecular flexibility index (Phi) is 4.06. The summed E-state index contributed by atoms with van der Waals surface area (Å²) in [6, 6.07) is 1.92. The van der Waals surface area contributed by atoms with Crippen molar-refractivity contribution in [1.82, 2.24) is 15.0 Å². The smallest absolute Gasteiger partial charge is 0.304 e. The van der Waals surface area contributed by atoms with Crippen LogP contribution in [0.4, 0.5) is 0 Å². The van der Waals surface area contributed by atoms with Gasteiger partial charge in [0, 0.05) is 17.5 Å². The fourth-order valence-electron chi connectivity index (χ4n) is 1.42. The Balaban J connectivity index is 1.92. The maximum absolute atomic E-state index is 10.4. The molecule has 0 bridgehead atoms. The summed E-state index contributed by atoms with van der Waals surface area (Å²) in [6.45, 7) is 0.899. The van der Waals surface area contributed by atoms with Crippen molar-refractivity contribution in [2.45, 2.75) is 13.0 Å². The molecule has 0 amide bonds. The zero-order valence-corrected chi connectivity index (χ0v) is 10.7. The Labute approximate surface area is 108 Å². The van der Waals surface area contributed by atoms with Gasteiger partial charge in [0.05, 0.1) is 13.0 Å². The predicted octanol–water partition coefficient (Wildman–Crippen LogP) is 1.70. The van der Waals surface area contributed by atoms with Crippen molar-refractivity contribution in [3.63, 3.8) is 0 Å². The van der Waals surface area contributed by atoms with Gasteiger partial charge in [-0.05, 0) is 18.5 Å². The summed E-state index contributed by atoms with van der Waals surface area (Å²) < 4.78 is 5.12. The second-order valence-electron chi connectivity index (χ2n) is 3.91. The molecule has 0 spiro atoms. The normalized spacial score (nSPS) is 11.0. The first-order valence-electron chi connectivity index (χ1n) is 5.40. The molecule has 2 rings (SSSR count). The molecule has 0 radical (unpaired) electrons. The van der Waals surface area contributed by atoms with Gasteiger partial charge in [-0.15, -0.1) is 0 Å². The third kappa shape index (κ3) is 3.38. The molecule has 0 saturated heterocycles. The average Bonchev–Trinajstić information content (AvgIpc) is 2.95. The van der Waals surface area contributed by atoms with E-state index >= 15 is 0 Å². The van der Waals surface area contributed by atoms with Gasteiger partial charge in [0.25, 0.3) is 0 Å². The molecule has 0 unspecified atom stereocenters. The van der Waals surface area contributed by atoms with Gasteiger partial charge in [-0.1, -0.05) is 5.16 Å². The molecule has 6 nitrogen and oxygen atoms in total. The lowest BCUT2D eigenvalue weighted by molar-refractivity contribution is -0.137. The first-order valence-corrected chi connectivity index (χ1v) is 6.35. The van der Waals surface area contributed by atoms with Crippen molar-refractivity contribution in [2.75, 3.05) is 13.6 Å². The van der Waals surface area contributed by atoms with Gasteiger partial charge in [0.2, 0.25) is 11.7 Å². The summed E-state index contributed by atoms with van der Waals surface area (Å²) in [7, 11) is 1.82. The number of carbonyl (C=O) groups is 1. The summed E-state index contributed by atoms with van der Waals surface area (Å²) in [5.41, 5.74) is 0.934. The van der Waals surface area contributed by atoms with E-state index < -0.39 is 5.97 Å². The minimum Gasteiger partial charge on any atom is -0.481 e. The molecule has 0 aliphatic carbocycles. The van der Waals surface area contributed by atoms with Crippen molar-refractivity contribution in [3.8, 4) is 11.4 Å². The molecule has 2 heterocycles. The molecule has 0 aliphatic heterocycles. The van der Waals surface area contributed by atoms with Crippen molar-refractivity contribution in [2.24, 2.45) is 0 Å². The highest BCUT2D eigenvalue weighted by atomic mass is 32.1. The molecule has 0 fully saturated rings. The SMILES string of the molecule is CN(CCC(=O)O)Cc1nc(-c2ccsc2)no1. The lowest BCUT2D eigenvalue weighted by Crippen LogP contribution is -2.21. The molecule has 18 heavy (non-hydrogen) atoms. The van der Waals surface area contributed by atoms with Crippen LogP contribution in [-0.4, -0.2) is 39.7 Å². The van der Waals surface area contributed by atoms with E-state index in [9.17, 15) is 4.79 Å². The quantitative estimate of drug-likeness (QED) is 0.858. The number of carboxylic acid groups (broad SMARTS) is 1. The van der Waals surface area contributed by atoms with Gasteiger partial charge < -0.3 is 9.63 Å². The molecule has 2 aromatic heterocycles. The maximum atomic E-state index is 10.4. The Morgan fingerprint density at radius 3 is 3.11 bits per heavy atom. The number of nitrogens with zero attached hydrogens (tertiary/aromatic N) is 3. The van der Waals surface area contributed by atoms with Crippen LogP contribution in [0.15, 0.2) is 21.3 Å². The van der Waals surface area contributed by atoms with Crippen molar-refractivity contribution in [3.05, 3.63) is 22.7 Å². The summed E-state index contributed by atoms with van der Waals surface area (Å²) in [4.78, 5) is 16.5. The zero-order valence-electron chi connectivity index (χ0n) is 9.87. The van der Waals surface area contributed by atoms with E-state index in [1.807, 2.05) is 28.8 Å². The number of aliphatic carboxylic acids is 1. The molecule has 0 saturated carbocycles. The number of thiophene rings is 1. The first-order chi connectivity index (χ1) is 8.65. The monoisotopic (exact) mass is 267 g/mol. The number of rotatable bonds is 6. The van der Waals surface area contributed by atoms with Crippen molar-refractivity contribution >= 4 is 17.3 Å². The van der Waals surface area contributed by atoms with Crippen LogP contribution >= 0.6 is 11.3 Å². The van der Waals surface area contributed by atoms with Gasteiger partial charge in [0.1, 0.15) is 0 Å². The van der Waals surface area contributed by atoms with E-state index in [1.165, 1.54) is 0 Å². The summed E-state index contributed by atoms with van der Waals surface area (Å²) in [5.74, 6) is 0.244. The van der Waals surface area contributed by atoms with E-state index in [2.05, 4.69) is 10.1 Å². The summed E-state index contributed by atoms with van der Waals surface area (Å²) in [6.07, 6.45) is 0.0992. The van der Waals surface area contributed by atoms with Crippen LogP contribution in [0.3, 0.4) is 0 Å². The Hall–Kier alpha value is -1.73. The number of hydrogen-bond donors (Lipinski definition) is 1. The molecule has 0 aromatic carbocycles. The highest BCUT2D eigenvalue weighted by molar-refractivity contribution is 7.08. The van der Waals surface area contributed by atoms with Crippen LogP contribution in [-0.2, 0) is 11.3 Å². The van der Waals surface area contributed by atoms with Gasteiger partial charge >= 0.3 is 5.97 Å². The second-order valence-corrected chi connectivity index (χ2v) is 4.69. The number of carboxylic acids is 1. The van der Waals surface area contributed by atoms with Gasteiger partial charge in [-0.25, -0.2) is 0 Å². The topological polar surface area (TPSA) is 79.5 Å². The maximum Gasteiger partial charge on any atom is 0.304 e. The number of aromatic nitrogens is 2. The minimum atomic E-state index is -0.814. The Bertz CT molecular complexity index is 509. The van der Waals surface area contributed by atoms with E-state index in [0.29, 0.717) is 24.8 Å². The average molecular weight is 267 g/mol. The lowest BCUT2D eigenvalue weighted by atomic mass is 10.3. The molecule has 96 valence electrons. The molecule has 2 aromatic rings. The van der Waals surface area contributed by atoms with Crippen LogP contribution < -0.4 is 0 Å². The van der Waals surface area contributed by atoms with E-state index in [1.54, 1.807) is 11.3 Å². The minimum absolute atomic E-state index is 0.0992. The largest absolute Gasteiger partial charge is 0.481 e. The van der Waals surface area contributed by atoms with E-state index in [-0.39, 0.29) is 6.42 Å². The molecular weight excluding hydrogens is 254 g/mol. The summed E-state index contributed by atoms with van der Waals surface area (Å²) in [5, 5.41) is 16.4. The standard InChI is InChI=1S/C11H13N3O3S/c1-14(4-2-10(15)16)6-9-12-11(13-17-9)8-3-5-18-7-8/h3,5,7H,2,4,6H2,1H3,(H,15,16). The van der Waals surface area contributed by atoms with Crippen molar-refractivity contribution < 1.29 is 14.4 Å². The first kappa shape index (κ1) is 12.7. The molecule has 0 aliphatic rings. The third-order valence-electron chi connectivity index (χ3n) is 2.36. The predicted molar refractivity (Wildman–Crippen MR) is 66.2 cm³/mol. The van der Waals surface area contributed by atoms with Crippen LogP contribution in [0.1, 0.15) is 12.3 Å². The number of hydrogen-bond acceptors (Lipinski definition) is 6. The van der Waals surface area contributed by atoms with E-state index in [0.717, 1.165) is 5.56 Å². The zero-order chi connectivity index (χ0) is 13.0. The summed E-state index contributed by atoms with van der Waals surface area (Å²) >= 11 is 1.57. The fourth-order valence-corrected chi connectivity index (χ4v) is 2.06. The Morgan fingerprint density at radius 1 is 1.61 bits per heavy atom. The van der Waals surface area contributed by atoms with Crippen LogP contribution in [0, 0.1) is 0 Å². The van der Waals surface area contributed by atoms with Crippen molar-refractivity contribution in [1.29, 1.82) is 0 Å². The fraction of sp³-hybridized carbons (Fsp3) is 0.364. The van der Waals surface area contributed by atoms with Gasteiger partial charge in [-0.3, -0.25) is 9.69 Å². The van der Waals surface area contributed by atoms with Crippen LogP contribution in [0.25, 0.3) is 11.4 Å². The third-order valence-corrected chi connectivity index (χ3v) is 3.04. The molecule has 1 N–H and O–H groups in total. The van der Waals surface area contributed by atoms with Crippen LogP contribution in [0.5, 0.6) is 0 Å². The van der Waals surface area contributed by atoms with E-state index in [4.69, 9.17) is 9.63 Å². The molecule has 7 heteroatoms. The van der Waals surface area contributed by atoms with Gasteiger partial charge in [0.15, 0.2) is 0 Å². The second kappa shape index (κ2) is 5.74. The van der Waals surface area contributed by atoms with Gasteiger partial charge in [-0.2, -0.15) is 16.3 Å². The molecule has 0 atom stereocenters.